The molecule has 0 radical (unpaired) electrons. The van der Waals surface area contributed by atoms with Crippen LogP contribution in [0.15, 0.2) is 36.5 Å². The smallest absolute Gasteiger partial charge is 0.357 e. The number of piperidine rings is 1. The molecular weight excluding hydrogens is 499 g/mol. The van der Waals surface area contributed by atoms with Gasteiger partial charge in [-0.15, -0.1) is 0 Å². The Morgan fingerprint density at radius 2 is 1.89 bits per heavy atom. The van der Waals surface area contributed by atoms with E-state index in [1.54, 1.807) is 6.20 Å². The Bertz CT molecular complexity index is 1340. The van der Waals surface area contributed by atoms with Crippen LogP contribution < -0.4 is 15.5 Å². The fourth-order valence-corrected chi connectivity index (χ4v) is 5.06. The molecule has 1 aromatic carbocycles. The van der Waals surface area contributed by atoms with E-state index in [0.29, 0.717) is 34.7 Å². The second-order valence-corrected chi connectivity index (χ2v) is 10.1. The Morgan fingerprint density at radius 3 is 2.59 bits per heavy atom. The molecule has 11 heteroatoms. The number of aryl methyl sites for hydroxylation is 1. The number of likely N-dealkylation sites (tertiary alicyclic amines) is 1. The molecule has 0 spiro atoms. The standard InChI is InChI=1S/C26H28F3N7S/c1-15-20(6-7-22(31-15)36(3)18-8-10-35(2)11-9-18)33-25-30-14-16-12-23(37)32-21-13-17(26(27,28)29)4-5-19(21)24(16)34-25/h4-7,13-14,18H,8-12H2,1-3H3,(H,32,37)(H,30,33,34). The van der Waals surface area contributed by atoms with Crippen LogP contribution in [0.4, 0.5) is 36.3 Å². The molecule has 1 fully saturated rings. The molecular formula is C26H28F3N7S. The molecule has 194 valence electrons. The van der Waals surface area contributed by atoms with Crippen molar-refractivity contribution in [2.45, 2.75) is 38.4 Å². The van der Waals surface area contributed by atoms with E-state index in [2.05, 4.69) is 44.5 Å². The van der Waals surface area contributed by atoms with Gasteiger partial charge < -0.3 is 20.4 Å². The van der Waals surface area contributed by atoms with E-state index in [9.17, 15) is 13.2 Å². The lowest BCUT2D eigenvalue weighted by atomic mass is 10.0. The Balaban J connectivity index is 1.41. The van der Waals surface area contributed by atoms with E-state index in [1.165, 1.54) is 6.07 Å². The first-order valence-electron chi connectivity index (χ1n) is 12.1. The maximum absolute atomic E-state index is 13.3. The highest BCUT2D eigenvalue weighted by Crippen LogP contribution is 2.38. The Kier molecular flexibility index (Phi) is 6.76. The molecule has 2 N–H and O–H groups in total. The number of aromatic nitrogens is 3. The minimum absolute atomic E-state index is 0.280. The van der Waals surface area contributed by atoms with Gasteiger partial charge in [0.05, 0.1) is 27.6 Å². The second-order valence-electron chi connectivity index (χ2n) is 9.62. The summed E-state index contributed by atoms with van der Waals surface area (Å²) >= 11 is 5.34. The summed E-state index contributed by atoms with van der Waals surface area (Å²) in [5.74, 6) is 1.24. The number of hydrogen-bond acceptors (Lipinski definition) is 7. The molecule has 0 bridgehead atoms. The van der Waals surface area contributed by atoms with Crippen LogP contribution in [0.1, 0.15) is 29.7 Å². The number of pyridine rings is 1. The van der Waals surface area contributed by atoms with Gasteiger partial charge in [-0.2, -0.15) is 13.2 Å². The summed E-state index contributed by atoms with van der Waals surface area (Å²) < 4.78 is 39.9. The van der Waals surface area contributed by atoms with Gasteiger partial charge in [0.2, 0.25) is 5.95 Å². The number of nitrogens with zero attached hydrogens (tertiary/aromatic N) is 5. The van der Waals surface area contributed by atoms with Crippen molar-refractivity contribution in [2.24, 2.45) is 0 Å². The van der Waals surface area contributed by atoms with Gasteiger partial charge in [-0.1, -0.05) is 18.3 Å². The number of hydrogen-bond donors (Lipinski definition) is 2. The molecule has 1 saturated heterocycles. The zero-order valence-electron chi connectivity index (χ0n) is 20.9. The van der Waals surface area contributed by atoms with Crippen molar-refractivity contribution in [3.63, 3.8) is 0 Å². The molecule has 0 aliphatic carbocycles. The minimum atomic E-state index is -4.45. The summed E-state index contributed by atoms with van der Waals surface area (Å²) in [7, 11) is 4.23. The first kappa shape index (κ1) is 25.3. The number of alkyl halides is 3. The number of halogens is 3. The molecule has 2 aliphatic rings. The van der Waals surface area contributed by atoms with Crippen LogP contribution in [0.2, 0.25) is 0 Å². The fraction of sp³-hybridized carbons (Fsp3) is 0.385. The maximum atomic E-state index is 13.3. The van der Waals surface area contributed by atoms with Crippen molar-refractivity contribution in [1.82, 2.24) is 19.9 Å². The van der Waals surface area contributed by atoms with Gasteiger partial charge in [0.25, 0.3) is 0 Å². The molecule has 2 aliphatic heterocycles. The van der Waals surface area contributed by atoms with Gasteiger partial charge >= 0.3 is 6.18 Å². The van der Waals surface area contributed by atoms with Gasteiger partial charge in [0, 0.05) is 42.5 Å². The van der Waals surface area contributed by atoms with Crippen molar-refractivity contribution < 1.29 is 13.2 Å². The van der Waals surface area contributed by atoms with E-state index in [-0.39, 0.29) is 5.69 Å². The third-order valence-electron chi connectivity index (χ3n) is 7.01. The van der Waals surface area contributed by atoms with Crippen LogP contribution in [0.5, 0.6) is 0 Å². The third kappa shape index (κ3) is 5.37. The quantitative estimate of drug-likeness (QED) is 0.435. The molecule has 2 aromatic heterocycles. The predicted octanol–water partition coefficient (Wildman–Crippen LogP) is 5.44. The minimum Gasteiger partial charge on any atom is -0.357 e. The first-order chi connectivity index (χ1) is 17.6. The van der Waals surface area contributed by atoms with Crippen molar-refractivity contribution >= 4 is 40.3 Å². The summed E-state index contributed by atoms with van der Waals surface area (Å²) in [5, 5.41) is 6.16. The summed E-state index contributed by atoms with van der Waals surface area (Å²) in [6.45, 7) is 4.07. The molecule has 0 saturated carbocycles. The highest BCUT2D eigenvalue weighted by atomic mass is 32.1. The van der Waals surface area contributed by atoms with Crippen LogP contribution in [0.3, 0.4) is 0 Å². The van der Waals surface area contributed by atoms with Gasteiger partial charge in [-0.3, -0.25) is 0 Å². The monoisotopic (exact) mass is 527 g/mol. The fourth-order valence-electron chi connectivity index (χ4n) is 4.79. The van der Waals surface area contributed by atoms with Crippen molar-refractivity contribution in [3.05, 3.63) is 53.3 Å². The highest BCUT2D eigenvalue weighted by Gasteiger charge is 2.32. The van der Waals surface area contributed by atoms with E-state index in [0.717, 1.165) is 60.8 Å². The van der Waals surface area contributed by atoms with Crippen LogP contribution in [0, 0.1) is 6.92 Å². The van der Waals surface area contributed by atoms with Crippen molar-refractivity contribution in [2.75, 3.05) is 42.7 Å². The predicted molar refractivity (Wildman–Crippen MR) is 144 cm³/mol. The Labute approximate surface area is 219 Å². The Hall–Kier alpha value is -3.31. The van der Waals surface area contributed by atoms with E-state index < -0.39 is 11.7 Å². The number of fused-ring (bicyclic) bond motifs is 3. The summed E-state index contributed by atoms with van der Waals surface area (Å²) in [5.41, 5.74) is 2.92. The number of anilines is 4. The number of rotatable bonds is 4. The lowest BCUT2D eigenvalue weighted by Crippen LogP contribution is -2.42. The van der Waals surface area contributed by atoms with E-state index >= 15 is 0 Å². The highest BCUT2D eigenvalue weighted by molar-refractivity contribution is 7.80. The van der Waals surface area contributed by atoms with Crippen LogP contribution in [-0.4, -0.2) is 58.1 Å². The summed E-state index contributed by atoms with van der Waals surface area (Å²) in [6.07, 6.45) is -0.262. The molecule has 37 heavy (non-hydrogen) atoms. The zero-order valence-corrected chi connectivity index (χ0v) is 21.7. The largest absolute Gasteiger partial charge is 0.416 e. The second kappa shape index (κ2) is 9.86. The maximum Gasteiger partial charge on any atom is 0.416 e. The van der Waals surface area contributed by atoms with Gasteiger partial charge in [0.1, 0.15) is 5.82 Å². The number of nitrogens with one attached hydrogen (secondary N) is 2. The van der Waals surface area contributed by atoms with Crippen molar-refractivity contribution in [1.29, 1.82) is 0 Å². The van der Waals surface area contributed by atoms with Crippen molar-refractivity contribution in [3.8, 4) is 11.3 Å². The van der Waals surface area contributed by atoms with Crippen LogP contribution in [-0.2, 0) is 12.6 Å². The average molecular weight is 528 g/mol. The average Bonchev–Trinajstić information content (AvgIpc) is 2.99. The lowest BCUT2D eigenvalue weighted by Gasteiger charge is -2.35. The van der Waals surface area contributed by atoms with E-state index in [1.807, 2.05) is 19.1 Å². The van der Waals surface area contributed by atoms with Gasteiger partial charge in [0.15, 0.2) is 0 Å². The molecule has 7 nitrogen and oxygen atoms in total. The molecule has 0 amide bonds. The van der Waals surface area contributed by atoms with Gasteiger partial charge in [-0.05, 0) is 64.2 Å². The van der Waals surface area contributed by atoms with E-state index in [4.69, 9.17) is 17.2 Å². The lowest BCUT2D eigenvalue weighted by molar-refractivity contribution is -0.137. The third-order valence-corrected chi connectivity index (χ3v) is 7.25. The molecule has 3 aromatic rings. The molecule has 0 atom stereocenters. The summed E-state index contributed by atoms with van der Waals surface area (Å²) in [4.78, 5) is 18.9. The topological polar surface area (TPSA) is 69.2 Å². The number of benzene rings is 1. The van der Waals surface area contributed by atoms with Crippen LogP contribution >= 0.6 is 12.2 Å². The Morgan fingerprint density at radius 1 is 1.14 bits per heavy atom. The molecule has 4 heterocycles. The molecule has 0 unspecified atom stereocenters. The first-order valence-corrected chi connectivity index (χ1v) is 12.5. The molecule has 5 rings (SSSR count). The normalized spacial score (nSPS) is 16.4. The van der Waals surface area contributed by atoms with Crippen LogP contribution in [0.25, 0.3) is 11.3 Å². The van der Waals surface area contributed by atoms with Gasteiger partial charge in [-0.25, -0.2) is 15.0 Å². The zero-order chi connectivity index (χ0) is 26.3. The SMILES string of the molecule is Cc1nc(N(C)C2CCN(C)CC2)ccc1Nc1ncc2c(n1)-c1ccc(C(F)(F)F)cc1NC(=S)C2. The summed E-state index contributed by atoms with van der Waals surface area (Å²) in [6, 6.07) is 7.94. The number of thiocarbonyl (C=S) groups is 1.